The molecule has 0 saturated carbocycles. The molecule has 1 aliphatic carbocycles. The minimum absolute atomic E-state index is 0.153. The Morgan fingerprint density at radius 3 is 2.91 bits per heavy atom. The number of rotatable bonds is 2. The van der Waals surface area contributed by atoms with Crippen molar-refractivity contribution in [3.05, 3.63) is 49.4 Å². The zero-order valence-electron chi connectivity index (χ0n) is 12.4. The van der Waals surface area contributed by atoms with Crippen LogP contribution in [0.3, 0.4) is 0 Å². The van der Waals surface area contributed by atoms with Gasteiger partial charge in [0.15, 0.2) is 0 Å². The highest BCUT2D eigenvalue weighted by Crippen LogP contribution is 2.41. The van der Waals surface area contributed by atoms with Crippen LogP contribution in [0, 0.1) is 12.3 Å². The van der Waals surface area contributed by atoms with Crippen molar-refractivity contribution in [3.63, 3.8) is 0 Å². The van der Waals surface area contributed by atoms with Gasteiger partial charge in [0.05, 0.1) is 20.1 Å². The van der Waals surface area contributed by atoms with Crippen LogP contribution in [-0.2, 0) is 6.42 Å². The summed E-state index contributed by atoms with van der Waals surface area (Å²) in [6, 6.07) is 3.87. The molecule has 3 rings (SSSR count). The Balaban J connectivity index is 2.04. The number of hydrogen-bond donors (Lipinski definition) is 3. The molecule has 0 unspecified atom stereocenters. The van der Waals surface area contributed by atoms with Crippen molar-refractivity contribution in [1.82, 2.24) is 10.4 Å². The third-order valence-electron chi connectivity index (χ3n) is 3.84. The first-order valence-corrected chi connectivity index (χ1v) is 8.59. The largest absolute Gasteiger partial charge is 0.369 e. The number of thiophene rings is 1. The molecule has 120 valence electrons. The molecular formula is C15H15Cl2N5S. The Bertz CT molecular complexity index is 799. The first-order valence-electron chi connectivity index (χ1n) is 7.02. The van der Waals surface area contributed by atoms with Gasteiger partial charge in [0, 0.05) is 11.8 Å². The Labute approximate surface area is 148 Å². The van der Waals surface area contributed by atoms with E-state index < -0.39 is 0 Å². The molecule has 1 aliphatic rings. The van der Waals surface area contributed by atoms with E-state index in [0.29, 0.717) is 15.1 Å². The smallest absolute Gasteiger partial charge is 0.206 e. The summed E-state index contributed by atoms with van der Waals surface area (Å²) in [5, 5.41) is 11.6. The zero-order valence-corrected chi connectivity index (χ0v) is 14.7. The quantitative estimate of drug-likeness (QED) is 0.429. The van der Waals surface area contributed by atoms with Crippen molar-refractivity contribution >= 4 is 46.2 Å². The third-order valence-corrected chi connectivity index (χ3v) is 5.36. The topological polar surface area (TPSA) is 87.2 Å². The Morgan fingerprint density at radius 1 is 1.48 bits per heavy atom. The number of pyridine rings is 1. The first kappa shape index (κ1) is 16.2. The van der Waals surface area contributed by atoms with Crippen LogP contribution in [0.5, 0.6) is 0 Å². The molecule has 8 heteroatoms. The van der Waals surface area contributed by atoms with Crippen LogP contribution in [0.2, 0.25) is 8.67 Å². The highest BCUT2D eigenvalue weighted by atomic mass is 35.5. The number of hydrazone groups is 1. The fourth-order valence-electron chi connectivity index (χ4n) is 2.88. The molecule has 23 heavy (non-hydrogen) atoms. The van der Waals surface area contributed by atoms with E-state index in [4.69, 9.17) is 34.3 Å². The Kier molecular flexibility index (Phi) is 4.57. The second-order valence-corrected chi connectivity index (χ2v) is 7.70. The monoisotopic (exact) mass is 367 g/mol. The molecule has 0 aliphatic heterocycles. The van der Waals surface area contributed by atoms with E-state index in [-0.39, 0.29) is 11.9 Å². The second kappa shape index (κ2) is 6.47. The van der Waals surface area contributed by atoms with Gasteiger partial charge in [0.25, 0.3) is 0 Å². The number of halogens is 2. The van der Waals surface area contributed by atoms with Crippen molar-refractivity contribution in [2.75, 3.05) is 0 Å². The molecule has 0 radical (unpaired) electrons. The highest BCUT2D eigenvalue weighted by Gasteiger charge is 2.29. The molecule has 1 atom stereocenters. The SMILES string of the molecule is Cc1ccnc2c1C(=NNC(=N)N)C[C@@H](c1cc(Cl)sc1Cl)C2. The number of guanidine groups is 1. The van der Waals surface area contributed by atoms with Gasteiger partial charge in [-0.1, -0.05) is 23.2 Å². The normalized spacial score (nSPS) is 18.7. The summed E-state index contributed by atoms with van der Waals surface area (Å²) < 4.78 is 1.38. The molecule has 0 spiro atoms. The molecule has 5 nitrogen and oxygen atoms in total. The van der Waals surface area contributed by atoms with Crippen LogP contribution < -0.4 is 11.2 Å². The van der Waals surface area contributed by atoms with Gasteiger partial charge in [-0.2, -0.15) is 5.10 Å². The summed E-state index contributed by atoms with van der Waals surface area (Å²) in [6.45, 7) is 2.03. The van der Waals surface area contributed by atoms with Gasteiger partial charge in [-0.05, 0) is 48.9 Å². The molecule has 0 aromatic carbocycles. The Hall–Kier alpha value is -1.63. The van der Waals surface area contributed by atoms with Gasteiger partial charge < -0.3 is 5.73 Å². The van der Waals surface area contributed by atoms with Gasteiger partial charge >= 0.3 is 0 Å². The molecule has 2 aromatic rings. The molecule has 4 N–H and O–H groups in total. The average Bonchev–Trinajstić information content (AvgIpc) is 2.83. The number of aromatic nitrogens is 1. The number of nitrogens with zero attached hydrogens (tertiary/aromatic N) is 2. The summed E-state index contributed by atoms with van der Waals surface area (Å²) >= 11 is 13.8. The van der Waals surface area contributed by atoms with Crippen LogP contribution in [0.15, 0.2) is 23.4 Å². The van der Waals surface area contributed by atoms with Gasteiger partial charge in [0.1, 0.15) is 0 Å². The van der Waals surface area contributed by atoms with Crippen LogP contribution in [0.1, 0.15) is 34.7 Å². The summed E-state index contributed by atoms with van der Waals surface area (Å²) in [6.07, 6.45) is 3.27. The number of hydrogen-bond acceptors (Lipinski definition) is 4. The summed E-state index contributed by atoms with van der Waals surface area (Å²) in [4.78, 5) is 4.50. The predicted molar refractivity (Wildman–Crippen MR) is 96.0 cm³/mol. The number of aryl methyl sites for hydroxylation is 1. The van der Waals surface area contributed by atoms with Crippen LogP contribution in [0.4, 0.5) is 0 Å². The molecule has 0 bridgehead atoms. The molecule has 2 aromatic heterocycles. The minimum Gasteiger partial charge on any atom is -0.369 e. The lowest BCUT2D eigenvalue weighted by molar-refractivity contribution is 0.677. The van der Waals surface area contributed by atoms with Crippen LogP contribution in [-0.4, -0.2) is 16.7 Å². The molecular weight excluding hydrogens is 353 g/mol. The average molecular weight is 368 g/mol. The van der Waals surface area contributed by atoms with Crippen molar-refractivity contribution in [2.24, 2.45) is 10.8 Å². The van der Waals surface area contributed by atoms with E-state index in [2.05, 4.69) is 15.5 Å². The van der Waals surface area contributed by atoms with E-state index >= 15 is 0 Å². The third kappa shape index (κ3) is 3.34. The zero-order chi connectivity index (χ0) is 16.6. The van der Waals surface area contributed by atoms with E-state index in [9.17, 15) is 0 Å². The summed E-state index contributed by atoms with van der Waals surface area (Å²) in [5.74, 6) is -0.0418. The van der Waals surface area contributed by atoms with Crippen LogP contribution in [0.25, 0.3) is 0 Å². The minimum atomic E-state index is -0.195. The molecule has 2 heterocycles. The van der Waals surface area contributed by atoms with Gasteiger partial charge in [-0.3, -0.25) is 10.4 Å². The molecule has 0 saturated heterocycles. The second-order valence-electron chi connectivity index (χ2n) is 5.42. The van der Waals surface area contributed by atoms with Gasteiger partial charge in [-0.25, -0.2) is 5.43 Å². The highest BCUT2D eigenvalue weighted by molar-refractivity contribution is 7.20. The maximum atomic E-state index is 7.31. The number of nitrogens with two attached hydrogens (primary N) is 1. The summed E-state index contributed by atoms with van der Waals surface area (Å²) in [5.41, 5.74) is 12.8. The van der Waals surface area contributed by atoms with E-state index in [1.54, 1.807) is 6.20 Å². The number of nitrogens with one attached hydrogen (secondary N) is 2. The van der Waals surface area contributed by atoms with Crippen LogP contribution >= 0.6 is 34.5 Å². The first-order chi connectivity index (χ1) is 11.0. The van der Waals surface area contributed by atoms with Gasteiger partial charge in [-0.15, -0.1) is 11.3 Å². The lowest BCUT2D eigenvalue weighted by Gasteiger charge is -2.26. The van der Waals surface area contributed by atoms with Crippen molar-refractivity contribution in [2.45, 2.75) is 25.7 Å². The number of fused-ring (bicyclic) bond motifs is 1. The van der Waals surface area contributed by atoms with E-state index in [1.165, 1.54) is 11.3 Å². The van der Waals surface area contributed by atoms with Gasteiger partial charge in [0.2, 0.25) is 5.96 Å². The summed E-state index contributed by atoms with van der Waals surface area (Å²) in [7, 11) is 0. The fraction of sp³-hybridized carbons (Fsp3) is 0.267. The standard InChI is InChI=1S/C15H15Cl2N5S/c1-7-2-3-20-10-4-8(9-6-12(16)23-14(9)17)5-11(13(7)10)21-22-15(18)19/h2-3,6,8H,4-5H2,1H3,(H4,18,19,22)/t8-/m0/s1. The fourth-order valence-corrected chi connectivity index (χ4v) is 4.51. The van der Waals surface area contributed by atoms with E-state index in [0.717, 1.165) is 34.5 Å². The maximum absolute atomic E-state index is 7.31. The van der Waals surface area contributed by atoms with Crippen molar-refractivity contribution in [3.8, 4) is 0 Å². The lowest BCUT2D eigenvalue weighted by Crippen LogP contribution is -2.29. The lowest BCUT2D eigenvalue weighted by atomic mass is 9.81. The van der Waals surface area contributed by atoms with Crippen molar-refractivity contribution in [1.29, 1.82) is 5.41 Å². The van der Waals surface area contributed by atoms with E-state index in [1.807, 2.05) is 19.1 Å². The molecule has 0 fully saturated rings. The predicted octanol–water partition coefficient (Wildman–Crippen LogP) is 3.68. The Morgan fingerprint density at radius 2 is 2.26 bits per heavy atom. The van der Waals surface area contributed by atoms with Crippen molar-refractivity contribution < 1.29 is 0 Å². The maximum Gasteiger partial charge on any atom is 0.206 e. The molecule has 0 amide bonds.